The lowest BCUT2D eigenvalue weighted by molar-refractivity contribution is -0.142. The summed E-state index contributed by atoms with van der Waals surface area (Å²) in [7, 11) is 3.21. The van der Waals surface area contributed by atoms with Gasteiger partial charge in [-0.3, -0.25) is 9.69 Å². The molecular formula is C22H27NO5. The van der Waals surface area contributed by atoms with Crippen molar-refractivity contribution < 1.29 is 24.1 Å². The van der Waals surface area contributed by atoms with Gasteiger partial charge in [-0.1, -0.05) is 24.3 Å². The highest BCUT2D eigenvalue weighted by Gasteiger charge is 2.38. The van der Waals surface area contributed by atoms with Gasteiger partial charge in [-0.05, 0) is 43.5 Å². The van der Waals surface area contributed by atoms with Crippen molar-refractivity contribution >= 4 is 5.97 Å². The second kappa shape index (κ2) is 8.97. The van der Waals surface area contributed by atoms with Crippen molar-refractivity contribution in [3.8, 4) is 17.2 Å². The first kappa shape index (κ1) is 20.0. The molecule has 6 heteroatoms. The number of nitrogens with zero attached hydrogens (tertiary/aromatic N) is 1. The molecule has 1 fully saturated rings. The molecular weight excluding hydrogens is 358 g/mol. The predicted molar refractivity (Wildman–Crippen MR) is 106 cm³/mol. The van der Waals surface area contributed by atoms with E-state index in [4.69, 9.17) is 14.2 Å². The van der Waals surface area contributed by atoms with E-state index < -0.39 is 12.0 Å². The summed E-state index contributed by atoms with van der Waals surface area (Å²) in [6.45, 7) is 3.24. The molecule has 1 aliphatic rings. The zero-order valence-corrected chi connectivity index (χ0v) is 16.6. The SMILES string of the molecule is CCOc1ccc(C(c2cccc(OC)c2OC)N2CCCC2C(=O)O)cc1. The van der Waals surface area contributed by atoms with E-state index in [1.54, 1.807) is 14.2 Å². The normalized spacial score (nSPS) is 17.9. The number of hydrogen-bond acceptors (Lipinski definition) is 5. The van der Waals surface area contributed by atoms with Crippen LogP contribution in [0.5, 0.6) is 17.2 Å². The number of rotatable bonds is 8. The molecule has 2 atom stereocenters. The van der Waals surface area contributed by atoms with E-state index in [1.807, 2.05) is 54.3 Å². The van der Waals surface area contributed by atoms with Crippen molar-refractivity contribution in [2.24, 2.45) is 0 Å². The van der Waals surface area contributed by atoms with E-state index in [9.17, 15) is 9.90 Å². The molecule has 1 N–H and O–H groups in total. The summed E-state index contributed by atoms with van der Waals surface area (Å²) in [4.78, 5) is 13.9. The Balaban J connectivity index is 2.11. The summed E-state index contributed by atoms with van der Waals surface area (Å²) in [5.74, 6) is 1.25. The number of methoxy groups -OCH3 is 2. The second-order valence-corrected chi connectivity index (χ2v) is 6.72. The highest BCUT2D eigenvalue weighted by atomic mass is 16.5. The lowest BCUT2D eigenvalue weighted by atomic mass is 9.95. The van der Waals surface area contributed by atoms with Crippen LogP contribution in [-0.2, 0) is 4.79 Å². The van der Waals surface area contributed by atoms with Gasteiger partial charge in [0.1, 0.15) is 11.8 Å². The third-order valence-electron chi connectivity index (χ3n) is 5.15. The Hall–Kier alpha value is -2.73. The highest BCUT2D eigenvalue weighted by Crippen LogP contribution is 2.42. The molecule has 0 aromatic heterocycles. The van der Waals surface area contributed by atoms with E-state index in [0.717, 1.165) is 23.3 Å². The van der Waals surface area contributed by atoms with Crippen LogP contribution >= 0.6 is 0 Å². The van der Waals surface area contributed by atoms with Crippen LogP contribution in [0.1, 0.15) is 36.9 Å². The van der Waals surface area contributed by atoms with Gasteiger partial charge in [-0.2, -0.15) is 0 Å². The molecule has 2 unspecified atom stereocenters. The fraction of sp³-hybridized carbons (Fsp3) is 0.409. The van der Waals surface area contributed by atoms with Gasteiger partial charge >= 0.3 is 5.97 Å². The van der Waals surface area contributed by atoms with Crippen LogP contribution in [0, 0.1) is 0 Å². The molecule has 2 aromatic carbocycles. The Kier molecular flexibility index (Phi) is 6.41. The van der Waals surface area contributed by atoms with Crippen molar-refractivity contribution in [2.75, 3.05) is 27.4 Å². The van der Waals surface area contributed by atoms with Crippen LogP contribution in [0.3, 0.4) is 0 Å². The van der Waals surface area contributed by atoms with Gasteiger partial charge in [0.05, 0.1) is 26.9 Å². The van der Waals surface area contributed by atoms with Crippen LogP contribution in [0.2, 0.25) is 0 Å². The number of para-hydroxylation sites is 1. The maximum Gasteiger partial charge on any atom is 0.320 e. The molecule has 1 aliphatic heterocycles. The Labute approximate surface area is 165 Å². The standard InChI is InChI=1S/C22H27NO5/c1-4-28-16-12-10-15(11-13-16)20(23-14-6-8-18(23)22(24)25)17-7-5-9-19(26-2)21(17)27-3/h5,7,9-13,18,20H,4,6,8,14H2,1-3H3,(H,24,25). The number of carboxylic acid groups (broad SMARTS) is 1. The molecule has 0 saturated carbocycles. The Bertz CT molecular complexity index is 805. The Morgan fingerprint density at radius 1 is 1.18 bits per heavy atom. The lowest BCUT2D eigenvalue weighted by Crippen LogP contribution is -2.39. The first-order chi connectivity index (χ1) is 13.6. The van der Waals surface area contributed by atoms with Crippen LogP contribution in [-0.4, -0.2) is 49.4 Å². The van der Waals surface area contributed by atoms with E-state index in [0.29, 0.717) is 31.1 Å². The molecule has 0 radical (unpaired) electrons. The fourth-order valence-corrected chi connectivity index (χ4v) is 3.95. The maximum atomic E-state index is 11.9. The first-order valence-corrected chi connectivity index (χ1v) is 9.52. The van der Waals surface area contributed by atoms with E-state index in [2.05, 4.69) is 0 Å². The van der Waals surface area contributed by atoms with Gasteiger partial charge in [0.15, 0.2) is 11.5 Å². The van der Waals surface area contributed by atoms with Gasteiger partial charge < -0.3 is 19.3 Å². The molecule has 3 rings (SSSR count). The van der Waals surface area contributed by atoms with Crippen molar-refractivity contribution in [3.63, 3.8) is 0 Å². The second-order valence-electron chi connectivity index (χ2n) is 6.72. The minimum absolute atomic E-state index is 0.260. The summed E-state index contributed by atoms with van der Waals surface area (Å²) in [5, 5.41) is 9.75. The molecule has 1 saturated heterocycles. The van der Waals surface area contributed by atoms with Crippen molar-refractivity contribution in [3.05, 3.63) is 53.6 Å². The van der Waals surface area contributed by atoms with Crippen molar-refractivity contribution in [2.45, 2.75) is 31.8 Å². The number of aliphatic carboxylic acids is 1. The minimum atomic E-state index is -0.796. The van der Waals surface area contributed by atoms with E-state index in [1.165, 1.54) is 0 Å². The summed E-state index contributed by atoms with van der Waals surface area (Å²) in [6, 6.07) is 12.8. The zero-order chi connectivity index (χ0) is 20.1. The number of carbonyl (C=O) groups is 1. The van der Waals surface area contributed by atoms with Crippen molar-refractivity contribution in [1.29, 1.82) is 0 Å². The van der Waals surface area contributed by atoms with Gasteiger partial charge in [-0.15, -0.1) is 0 Å². The molecule has 0 bridgehead atoms. The number of ether oxygens (including phenoxy) is 3. The summed E-state index contributed by atoms with van der Waals surface area (Å²) in [6.07, 6.45) is 1.48. The summed E-state index contributed by atoms with van der Waals surface area (Å²) >= 11 is 0. The zero-order valence-electron chi connectivity index (χ0n) is 16.6. The topological polar surface area (TPSA) is 68.2 Å². The Morgan fingerprint density at radius 2 is 1.93 bits per heavy atom. The summed E-state index contributed by atoms with van der Waals surface area (Å²) in [5.41, 5.74) is 1.88. The van der Waals surface area contributed by atoms with E-state index in [-0.39, 0.29) is 6.04 Å². The highest BCUT2D eigenvalue weighted by molar-refractivity contribution is 5.74. The number of carboxylic acids is 1. The molecule has 0 spiro atoms. The van der Waals surface area contributed by atoms with Crippen LogP contribution in [0.25, 0.3) is 0 Å². The van der Waals surface area contributed by atoms with Gasteiger partial charge in [-0.25, -0.2) is 0 Å². The number of hydrogen-bond donors (Lipinski definition) is 1. The monoisotopic (exact) mass is 385 g/mol. The van der Waals surface area contributed by atoms with Gasteiger partial charge in [0.2, 0.25) is 0 Å². The first-order valence-electron chi connectivity index (χ1n) is 9.52. The average Bonchev–Trinajstić information content (AvgIpc) is 3.19. The molecule has 2 aromatic rings. The average molecular weight is 385 g/mol. The van der Waals surface area contributed by atoms with Crippen molar-refractivity contribution in [1.82, 2.24) is 4.90 Å². The predicted octanol–water partition coefficient (Wildman–Crippen LogP) is 3.74. The maximum absolute atomic E-state index is 11.9. The largest absolute Gasteiger partial charge is 0.494 e. The summed E-state index contributed by atoms with van der Waals surface area (Å²) < 4.78 is 16.7. The smallest absolute Gasteiger partial charge is 0.320 e. The number of benzene rings is 2. The van der Waals surface area contributed by atoms with Gasteiger partial charge in [0.25, 0.3) is 0 Å². The van der Waals surface area contributed by atoms with E-state index >= 15 is 0 Å². The lowest BCUT2D eigenvalue weighted by Gasteiger charge is -2.33. The third kappa shape index (κ3) is 3.92. The quantitative estimate of drug-likeness (QED) is 0.747. The molecule has 28 heavy (non-hydrogen) atoms. The minimum Gasteiger partial charge on any atom is -0.494 e. The van der Waals surface area contributed by atoms with Gasteiger partial charge in [0, 0.05) is 12.1 Å². The molecule has 0 aliphatic carbocycles. The fourth-order valence-electron chi connectivity index (χ4n) is 3.95. The Morgan fingerprint density at radius 3 is 2.54 bits per heavy atom. The molecule has 150 valence electrons. The van der Waals surface area contributed by atoms with Crippen LogP contribution < -0.4 is 14.2 Å². The van der Waals surface area contributed by atoms with Crippen LogP contribution in [0.15, 0.2) is 42.5 Å². The molecule has 1 heterocycles. The molecule has 0 amide bonds. The van der Waals surface area contributed by atoms with Crippen LogP contribution in [0.4, 0.5) is 0 Å². The number of likely N-dealkylation sites (tertiary alicyclic amines) is 1. The molecule has 6 nitrogen and oxygen atoms in total. The third-order valence-corrected chi connectivity index (χ3v) is 5.15.